The topological polar surface area (TPSA) is 79.2 Å². The van der Waals surface area contributed by atoms with Gasteiger partial charge in [0.1, 0.15) is 5.69 Å². The minimum atomic E-state index is -0.629. The van der Waals surface area contributed by atoms with Crippen LogP contribution in [-0.2, 0) is 11.3 Å². The maximum Gasteiger partial charge on any atom is 0.310 e. The molecule has 1 aliphatic heterocycles. The third kappa shape index (κ3) is 3.75. The van der Waals surface area contributed by atoms with E-state index in [-0.39, 0.29) is 0 Å². The standard InChI is InChI=1S/C20H24N4O2/c25-19(26)20(10-15-5-6-15)7-3-9-24(14-20)13-16-11-22-18(23-12-16)17-4-1-2-8-21-17/h1-2,4,8,11-12,15H,3,5-7,9-10,13-14H2,(H,25,26). The van der Waals surface area contributed by atoms with E-state index in [1.165, 1.54) is 12.8 Å². The summed E-state index contributed by atoms with van der Waals surface area (Å²) >= 11 is 0. The second-order valence-corrected chi connectivity index (χ2v) is 7.68. The lowest BCUT2D eigenvalue weighted by Gasteiger charge is -2.40. The van der Waals surface area contributed by atoms with Crippen LogP contribution in [0.3, 0.4) is 0 Å². The molecule has 3 heterocycles. The van der Waals surface area contributed by atoms with Crippen molar-refractivity contribution in [3.05, 3.63) is 42.4 Å². The molecule has 4 rings (SSSR count). The maximum absolute atomic E-state index is 12.0. The number of carboxylic acids is 1. The van der Waals surface area contributed by atoms with Crippen LogP contribution in [-0.4, -0.2) is 44.0 Å². The molecule has 0 spiro atoms. The molecule has 1 aliphatic carbocycles. The molecule has 1 atom stereocenters. The normalized spacial score (nSPS) is 23.7. The van der Waals surface area contributed by atoms with Gasteiger partial charge in [0.05, 0.1) is 5.41 Å². The molecule has 6 nitrogen and oxygen atoms in total. The highest BCUT2D eigenvalue weighted by Crippen LogP contribution is 2.45. The average molecular weight is 352 g/mol. The quantitative estimate of drug-likeness (QED) is 0.861. The van der Waals surface area contributed by atoms with Gasteiger partial charge in [-0.2, -0.15) is 0 Å². The molecule has 2 aromatic rings. The van der Waals surface area contributed by atoms with Crippen molar-refractivity contribution >= 4 is 5.97 Å². The lowest BCUT2D eigenvalue weighted by atomic mass is 9.75. The molecule has 2 aromatic heterocycles. The molecule has 0 bridgehead atoms. The van der Waals surface area contributed by atoms with Crippen LogP contribution in [0.2, 0.25) is 0 Å². The van der Waals surface area contributed by atoms with E-state index in [2.05, 4.69) is 19.9 Å². The van der Waals surface area contributed by atoms with Crippen molar-refractivity contribution in [2.75, 3.05) is 13.1 Å². The predicted octanol–water partition coefficient (Wildman–Crippen LogP) is 3.01. The summed E-state index contributed by atoms with van der Waals surface area (Å²) in [6, 6.07) is 5.67. The van der Waals surface area contributed by atoms with Crippen molar-refractivity contribution < 1.29 is 9.90 Å². The van der Waals surface area contributed by atoms with Gasteiger partial charge < -0.3 is 5.11 Å². The molecule has 2 fully saturated rings. The van der Waals surface area contributed by atoms with Crippen LogP contribution in [0.1, 0.15) is 37.7 Å². The number of piperidine rings is 1. The molecule has 1 saturated carbocycles. The van der Waals surface area contributed by atoms with Crippen molar-refractivity contribution in [3.8, 4) is 11.5 Å². The molecular weight excluding hydrogens is 328 g/mol. The monoisotopic (exact) mass is 352 g/mol. The van der Waals surface area contributed by atoms with Gasteiger partial charge in [-0.05, 0) is 43.9 Å². The Balaban J connectivity index is 1.44. The number of carboxylic acid groups (broad SMARTS) is 1. The van der Waals surface area contributed by atoms with Crippen LogP contribution in [0.5, 0.6) is 0 Å². The second kappa shape index (κ2) is 7.11. The summed E-state index contributed by atoms with van der Waals surface area (Å²) in [5, 5.41) is 9.85. The summed E-state index contributed by atoms with van der Waals surface area (Å²) in [4.78, 5) is 27.4. The van der Waals surface area contributed by atoms with Crippen molar-refractivity contribution in [2.24, 2.45) is 11.3 Å². The van der Waals surface area contributed by atoms with Crippen molar-refractivity contribution in [2.45, 2.75) is 38.6 Å². The predicted molar refractivity (Wildman–Crippen MR) is 97.2 cm³/mol. The Kier molecular flexibility index (Phi) is 4.68. The fourth-order valence-electron chi connectivity index (χ4n) is 3.99. The van der Waals surface area contributed by atoms with Gasteiger partial charge in [-0.25, -0.2) is 9.97 Å². The lowest BCUT2D eigenvalue weighted by molar-refractivity contribution is -0.153. The third-order valence-electron chi connectivity index (χ3n) is 5.49. The largest absolute Gasteiger partial charge is 0.481 e. The van der Waals surface area contributed by atoms with Crippen molar-refractivity contribution in [1.29, 1.82) is 0 Å². The Labute approximate surface area is 153 Å². The van der Waals surface area contributed by atoms with Gasteiger partial charge in [-0.15, -0.1) is 0 Å². The van der Waals surface area contributed by atoms with E-state index in [1.54, 1.807) is 6.20 Å². The number of likely N-dealkylation sites (tertiary alicyclic amines) is 1. The van der Waals surface area contributed by atoms with Gasteiger partial charge in [0.2, 0.25) is 0 Å². The fourth-order valence-corrected chi connectivity index (χ4v) is 3.99. The van der Waals surface area contributed by atoms with Crippen LogP contribution in [0.25, 0.3) is 11.5 Å². The van der Waals surface area contributed by atoms with Crippen molar-refractivity contribution in [3.63, 3.8) is 0 Å². The van der Waals surface area contributed by atoms with Gasteiger partial charge in [0, 0.05) is 37.2 Å². The lowest BCUT2D eigenvalue weighted by Crippen LogP contribution is -2.47. The first-order valence-electron chi connectivity index (χ1n) is 9.33. The number of carbonyl (C=O) groups is 1. The molecule has 2 aliphatic rings. The SMILES string of the molecule is O=C(O)C1(CC2CC2)CCCN(Cc2cnc(-c3ccccn3)nc2)C1. The zero-order valence-corrected chi connectivity index (χ0v) is 14.8. The Hall–Kier alpha value is -2.34. The number of hydrogen-bond donors (Lipinski definition) is 1. The Bertz CT molecular complexity index is 761. The van der Waals surface area contributed by atoms with Crippen LogP contribution in [0.15, 0.2) is 36.8 Å². The summed E-state index contributed by atoms with van der Waals surface area (Å²) in [7, 11) is 0. The van der Waals surface area contributed by atoms with E-state index in [1.807, 2.05) is 30.6 Å². The summed E-state index contributed by atoms with van der Waals surface area (Å²) in [5.74, 6) is 0.601. The molecule has 0 amide bonds. The number of aliphatic carboxylic acids is 1. The highest BCUT2D eigenvalue weighted by Gasteiger charge is 2.45. The molecular formula is C20H24N4O2. The molecule has 26 heavy (non-hydrogen) atoms. The number of hydrogen-bond acceptors (Lipinski definition) is 5. The summed E-state index contributed by atoms with van der Waals surface area (Å²) in [5.41, 5.74) is 1.19. The van der Waals surface area contributed by atoms with E-state index in [4.69, 9.17) is 0 Å². The van der Waals surface area contributed by atoms with Crippen LogP contribution < -0.4 is 0 Å². The van der Waals surface area contributed by atoms with E-state index < -0.39 is 11.4 Å². The van der Waals surface area contributed by atoms with Crippen LogP contribution in [0, 0.1) is 11.3 Å². The van der Waals surface area contributed by atoms with Gasteiger partial charge in [-0.1, -0.05) is 18.9 Å². The van der Waals surface area contributed by atoms with E-state index in [0.29, 0.717) is 24.8 Å². The van der Waals surface area contributed by atoms with Crippen LogP contribution in [0.4, 0.5) is 0 Å². The van der Waals surface area contributed by atoms with Crippen molar-refractivity contribution in [1.82, 2.24) is 19.9 Å². The summed E-state index contributed by atoms with van der Waals surface area (Å²) in [6.07, 6.45) is 10.3. The zero-order valence-electron chi connectivity index (χ0n) is 14.8. The smallest absolute Gasteiger partial charge is 0.310 e. The third-order valence-corrected chi connectivity index (χ3v) is 5.49. The first kappa shape index (κ1) is 17.1. The maximum atomic E-state index is 12.0. The molecule has 6 heteroatoms. The average Bonchev–Trinajstić information content (AvgIpc) is 3.47. The number of aromatic nitrogens is 3. The highest BCUT2D eigenvalue weighted by atomic mass is 16.4. The molecule has 0 aromatic carbocycles. The van der Waals surface area contributed by atoms with E-state index >= 15 is 0 Å². The van der Waals surface area contributed by atoms with Crippen LogP contribution >= 0.6 is 0 Å². The minimum absolute atomic E-state index is 0.575. The first-order valence-corrected chi connectivity index (χ1v) is 9.33. The molecule has 1 saturated heterocycles. The highest BCUT2D eigenvalue weighted by molar-refractivity contribution is 5.75. The van der Waals surface area contributed by atoms with Gasteiger partial charge >= 0.3 is 5.97 Å². The molecule has 136 valence electrons. The summed E-state index contributed by atoms with van der Waals surface area (Å²) in [6.45, 7) is 2.25. The van der Waals surface area contributed by atoms with Gasteiger partial charge in [0.25, 0.3) is 0 Å². The Morgan fingerprint density at radius 3 is 2.69 bits per heavy atom. The van der Waals surface area contributed by atoms with Gasteiger partial charge in [-0.3, -0.25) is 14.7 Å². The van der Waals surface area contributed by atoms with E-state index in [0.717, 1.165) is 37.1 Å². The molecule has 1 unspecified atom stereocenters. The van der Waals surface area contributed by atoms with Gasteiger partial charge in [0.15, 0.2) is 5.82 Å². The fraction of sp³-hybridized carbons (Fsp3) is 0.500. The minimum Gasteiger partial charge on any atom is -0.481 e. The molecule has 0 radical (unpaired) electrons. The number of pyridine rings is 1. The second-order valence-electron chi connectivity index (χ2n) is 7.68. The number of nitrogens with zero attached hydrogens (tertiary/aromatic N) is 4. The Morgan fingerprint density at radius 2 is 2.04 bits per heavy atom. The van der Waals surface area contributed by atoms with E-state index in [9.17, 15) is 9.90 Å². The zero-order chi connectivity index (χ0) is 18.0. The number of rotatable bonds is 6. The first-order chi connectivity index (χ1) is 12.6. The summed E-state index contributed by atoms with van der Waals surface area (Å²) < 4.78 is 0. The Morgan fingerprint density at radius 1 is 1.23 bits per heavy atom. The molecule has 1 N–H and O–H groups in total.